The number of aromatic nitrogens is 1. The van der Waals surface area contributed by atoms with Gasteiger partial charge in [0.05, 0.1) is 11.3 Å². The van der Waals surface area contributed by atoms with E-state index in [-0.39, 0.29) is 24.6 Å². The zero-order chi connectivity index (χ0) is 24.0. The Bertz CT molecular complexity index is 960. The predicted molar refractivity (Wildman–Crippen MR) is 120 cm³/mol. The highest BCUT2D eigenvalue weighted by Crippen LogP contribution is 2.37. The van der Waals surface area contributed by atoms with E-state index in [2.05, 4.69) is 20.5 Å². The summed E-state index contributed by atoms with van der Waals surface area (Å²) in [5.74, 6) is 0.738. The van der Waals surface area contributed by atoms with Crippen molar-refractivity contribution >= 4 is 29.1 Å². The quantitative estimate of drug-likeness (QED) is 0.687. The minimum absolute atomic E-state index is 0.0161. The summed E-state index contributed by atoms with van der Waals surface area (Å²) in [4.78, 5) is 34.2. The van der Waals surface area contributed by atoms with Crippen LogP contribution in [-0.4, -0.2) is 68.6 Å². The average molecular weight is 464 g/mol. The van der Waals surface area contributed by atoms with E-state index >= 15 is 0 Å². The molecule has 0 spiro atoms. The number of hydrogen-bond donors (Lipinski definition) is 2. The number of carbonyl (C=O) groups is 2. The molecule has 1 aliphatic rings. The molecule has 3 amide bonds. The van der Waals surface area contributed by atoms with E-state index in [9.17, 15) is 22.8 Å². The standard InChI is InChI=1S/C22H27F3N6O2/c1-29(2)16-6-7-18(17(15-16)22(23,24)25)28-21(33)27-10-8-20(32)31-13-11-30(12-14-31)19-5-3-4-9-26-19/h3-7,9,15H,8,10-14H2,1-2H3,(H2,27,28,33). The Morgan fingerprint density at radius 3 is 2.42 bits per heavy atom. The van der Waals surface area contributed by atoms with Gasteiger partial charge in [-0.05, 0) is 30.3 Å². The summed E-state index contributed by atoms with van der Waals surface area (Å²) in [6.07, 6.45) is -2.84. The minimum atomic E-state index is -4.62. The molecule has 178 valence electrons. The van der Waals surface area contributed by atoms with Crippen molar-refractivity contribution in [3.63, 3.8) is 0 Å². The zero-order valence-corrected chi connectivity index (χ0v) is 18.5. The van der Waals surface area contributed by atoms with Gasteiger partial charge in [-0.2, -0.15) is 13.2 Å². The van der Waals surface area contributed by atoms with Gasteiger partial charge in [-0.3, -0.25) is 4.79 Å². The van der Waals surface area contributed by atoms with Crippen molar-refractivity contribution in [1.82, 2.24) is 15.2 Å². The molecule has 1 aromatic carbocycles. The maximum absolute atomic E-state index is 13.4. The Morgan fingerprint density at radius 2 is 1.82 bits per heavy atom. The monoisotopic (exact) mass is 464 g/mol. The summed E-state index contributed by atoms with van der Waals surface area (Å²) in [5, 5.41) is 4.69. The number of amides is 3. The van der Waals surface area contributed by atoms with Crippen molar-refractivity contribution in [3.8, 4) is 0 Å². The molecule has 33 heavy (non-hydrogen) atoms. The summed E-state index contributed by atoms with van der Waals surface area (Å²) in [7, 11) is 3.26. The molecule has 8 nitrogen and oxygen atoms in total. The third-order valence-electron chi connectivity index (χ3n) is 5.30. The van der Waals surface area contributed by atoms with Crippen LogP contribution in [0.5, 0.6) is 0 Å². The first-order chi connectivity index (χ1) is 15.6. The lowest BCUT2D eigenvalue weighted by Gasteiger charge is -2.35. The lowest BCUT2D eigenvalue weighted by atomic mass is 10.1. The fraction of sp³-hybridized carbons (Fsp3) is 0.409. The van der Waals surface area contributed by atoms with Crippen molar-refractivity contribution in [1.29, 1.82) is 0 Å². The molecular formula is C22H27F3N6O2. The highest BCUT2D eigenvalue weighted by Gasteiger charge is 2.34. The summed E-state index contributed by atoms with van der Waals surface area (Å²) in [6.45, 7) is 2.39. The molecule has 0 atom stereocenters. The Kier molecular flexibility index (Phi) is 7.62. The van der Waals surface area contributed by atoms with E-state index in [1.54, 1.807) is 30.1 Å². The average Bonchev–Trinajstić information content (AvgIpc) is 2.79. The number of benzene rings is 1. The van der Waals surface area contributed by atoms with Gasteiger partial charge in [0, 0.05) is 65.1 Å². The lowest BCUT2D eigenvalue weighted by molar-refractivity contribution is -0.137. The number of anilines is 3. The Labute approximate surface area is 190 Å². The van der Waals surface area contributed by atoms with Gasteiger partial charge in [-0.25, -0.2) is 9.78 Å². The first-order valence-electron chi connectivity index (χ1n) is 10.5. The largest absolute Gasteiger partial charge is 0.418 e. The smallest absolute Gasteiger partial charge is 0.378 e. The normalized spacial score (nSPS) is 14.1. The van der Waals surface area contributed by atoms with Crippen LogP contribution >= 0.6 is 0 Å². The number of pyridine rings is 1. The third-order valence-corrected chi connectivity index (χ3v) is 5.30. The molecule has 1 aliphatic heterocycles. The highest BCUT2D eigenvalue weighted by molar-refractivity contribution is 5.91. The molecule has 0 radical (unpaired) electrons. The summed E-state index contributed by atoms with van der Waals surface area (Å²) >= 11 is 0. The number of rotatable bonds is 6. The Hall–Kier alpha value is -3.50. The molecule has 1 aromatic heterocycles. The Morgan fingerprint density at radius 1 is 1.09 bits per heavy atom. The summed E-state index contributed by atoms with van der Waals surface area (Å²) < 4.78 is 40.2. The van der Waals surface area contributed by atoms with E-state index in [0.717, 1.165) is 11.9 Å². The number of urea groups is 1. The number of alkyl halides is 3. The first kappa shape index (κ1) is 24.1. The fourth-order valence-electron chi connectivity index (χ4n) is 3.49. The predicted octanol–water partition coefficient (Wildman–Crippen LogP) is 3.03. The van der Waals surface area contributed by atoms with Crippen LogP contribution in [0.15, 0.2) is 42.6 Å². The maximum atomic E-state index is 13.4. The van der Waals surface area contributed by atoms with Crippen molar-refractivity contribution < 1.29 is 22.8 Å². The summed E-state index contributed by atoms with van der Waals surface area (Å²) in [6, 6.07) is 8.54. The molecule has 2 aromatic rings. The van der Waals surface area contributed by atoms with Crippen LogP contribution in [0.4, 0.5) is 35.2 Å². The molecule has 1 fully saturated rings. The van der Waals surface area contributed by atoms with Crippen molar-refractivity contribution in [2.75, 3.05) is 61.9 Å². The second-order valence-corrected chi connectivity index (χ2v) is 7.81. The second-order valence-electron chi connectivity index (χ2n) is 7.81. The second kappa shape index (κ2) is 10.4. The van der Waals surface area contributed by atoms with E-state index in [0.29, 0.717) is 31.9 Å². The molecular weight excluding hydrogens is 437 g/mol. The maximum Gasteiger partial charge on any atom is 0.418 e. The van der Waals surface area contributed by atoms with Crippen LogP contribution in [0.25, 0.3) is 0 Å². The zero-order valence-electron chi connectivity index (χ0n) is 18.5. The SMILES string of the molecule is CN(C)c1ccc(NC(=O)NCCC(=O)N2CCN(c3ccccn3)CC2)c(C(F)(F)F)c1. The highest BCUT2D eigenvalue weighted by atomic mass is 19.4. The van der Waals surface area contributed by atoms with Crippen LogP contribution in [0, 0.1) is 0 Å². The molecule has 11 heteroatoms. The van der Waals surface area contributed by atoms with E-state index in [1.165, 1.54) is 12.1 Å². The first-order valence-corrected chi connectivity index (χ1v) is 10.5. The van der Waals surface area contributed by atoms with E-state index in [1.807, 2.05) is 18.2 Å². The van der Waals surface area contributed by atoms with Crippen LogP contribution in [0.3, 0.4) is 0 Å². The molecule has 1 saturated heterocycles. The lowest BCUT2D eigenvalue weighted by Crippen LogP contribution is -2.49. The molecule has 3 rings (SSSR count). The van der Waals surface area contributed by atoms with Gasteiger partial charge >= 0.3 is 12.2 Å². The minimum Gasteiger partial charge on any atom is -0.378 e. The summed E-state index contributed by atoms with van der Waals surface area (Å²) in [5.41, 5.74) is -0.921. The van der Waals surface area contributed by atoms with Gasteiger partial charge in [-0.1, -0.05) is 6.07 Å². The van der Waals surface area contributed by atoms with Crippen LogP contribution < -0.4 is 20.4 Å². The number of halogens is 3. The molecule has 0 aliphatic carbocycles. The van der Waals surface area contributed by atoms with Crippen molar-refractivity contribution in [3.05, 3.63) is 48.2 Å². The number of nitrogens with one attached hydrogen (secondary N) is 2. The van der Waals surface area contributed by atoms with Crippen LogP contribution in [0.2, 0.25) is 0 Å². The van der Waals surface area contributed by atoms with Gasteiger partial charge < -0.3 is 25.3 Å². The van der Waals surface area contributed by atoms with E-state index in [4.69, 9.17) is 0 Å². The van der Waals surface area contributed by atoms with Crippen LogP contribution in [-0.2, 0) is 11.0 Å². The van der Waals surface area contributed by atoms with Crippen molar-refractivity contribution in [2.45, 2.75) is 12.6 Å². The van der Waals surface area contributed by atoms with Crippen molar-refractivity contribution in [2.24, 2.45) is 0 Å². The van der Waals surface area contributed by atoms with Crippen LogP contribution in [0.1, 0.15) is 12.0 Å². The van der Waals surface area contributed by atoms with E-state index < -0.39 is 17.8 Å². The Balaban J connectivity index is 1.47. The van der Waals surface area contributed by atoms with Gasteiger partial charge in [0.1, 0.15) is 5.82 Å². The van der Waals surface area contributed by atoms with Gasteiger partial charge in [-0.15, -0.1) is 0 Å². The third kappa shape index (κ3) is 6.50. The van der Waals surface area contributed by atoms with Gasteiger partial charge in [0.15, 0.2) is 0 Å². The molecule has 2 heterocycles. The molecule has 0 saturated carbocycles. The van der Waals surface area contributed by atoms with Gasteiger partial charge in [0.2, 0.25) is 5.91 Å². The fourth-order valence-corrected chi connectivity index (χ4v) is 3.49. The molecule has 0 unspecified atom stereocenters. The molecule has 0 bridgehead atoms. The topological polar surface area (TPSA) is 80.8 Å². The van der Waals surface area contributed by atoms with Gasteiger partial charge in [0.25, 0.3) is 0 Å². The number of hydrogen-bond acceptors (Lipinski definition) is 5. The molecule has 2 N–H and O–H groups in total. The number of piperazine rings is 1. The number of carbonyl (C=O) groups excluding carboxylic acids is 2. The number of nitrogens with zero attached hydrogens (tertiary/aromatic N) is 4.